The van der Waals surface area contributed by atoms with E-state index >= 15 is 0 Å². The van der Waals surface area contributed by atoms with E-state index in [2.05, 4.69) is 15.5 Å². The van der Waals surface area contributed by atoms with Crippen LogP contribution < -0.4 is 10.6 Å². The Hall–Kier alpha value is -2.82. The van der Waals surface area contributed by atoms with Gasteiger partial charge < -0.3 is 20.3 Å². The highest BCUT2D eigenvalue weighted by molar-refractivity contribution is 8.01. The highest BCUT2D eigenvalue weighted by Crippen LogP contribution is 2.47. The number of rotatable bonds is 11. The third-order valence-corrected chi connectivity index (χ3v) is 9.80. The minimum atomic E-state index is -0.660. The van der Waals surface area contributed by atoms with Gasteiger partial charge in [-0.25, -0.2) is 0 Å². The lowest BCUT2D eigenvalue weighted by molar-refractivity contribution is -0.136. The SMILES string of the molecule is O=C(C[C@H]1S[C@H](c2cccc(Cl)c2Cl)N(CC(=O)NCCCN2CCOCC2)C1=O)NCc1cccc2ccccc12. The summed E-state index contributed by atoms with van der Waals surface area (Å²) < 4.78 is 5.38. The fourth-order valence-corrected chi connectivity index (χ4v) is 7.24. The normalized spacial score (nSPS) is 19.3. The van der Waals surface area contributed by atoms with Crippen molar-refractivity contribution >= 4 is 63.5 Å². The van der Waals surface area contributed by atoms with Crippen LogP contribution in [0.15, 0.2) is 60.7 Å². The number of nitrogens with one attached hydrogen (secondary N) is 2. The molecule has 11 heteroatoms. The number of hydrogen-bond donors (Lipinski definition) is 2. The van der Waals surface area contributed by atoms with Crippen LogP contribution in [0.25, 0.3) is 10.8 Å². The van der Waals surface area contributed by atoms with E-state index in [0.717, 1.165) is 55.6 Å². The number of hydrogen-bond acceptors (Lipinski definition) is 6. The van der Waals surface area contributed by atoms with Crippen LogP contribution in [0.3, 0.4) is 0 Å². The topological polar surface area (TPSA) is 91.0 Å². The molecule has 8 nitrogen and oxygen atoms in total. The Morgan fingerprint density at radius 3 is 2.55 bits per heavy atom. The zero-order valence-electron chi connectivity index (χ0n) is 23.2. The smallest absolute Gasteiger partial charge is 0.239 e. The Morgan fingerprint density at radius 1 is 0.952 bits per heavy atom. The third-order valence-electron chi connectivity index (χ3n) is 7.50. The van der Waals surface area contributed by atoms with Gasteiger partial charge in [-0.1, -0.05) is 77.8 Å². The maximum atomic E-state index is 13.6. The van der Waals surface area contributed by atoms with Gasteiger partial charge in [-0.05, 0) is 35.4 Å². The number of amides is 3. The Bertz CT molecular complexity index is 1430. The van der Waals surface area contributed by atoms with Crippen molar-refractivity contribution in [1.82, 2.24) is 20.4 Å². The van der Waals surface area contributed by atoms with Gasteiger partial charge in [-0.15, -0.1) is 11.8 Å². The summed E-state index contributed by atoms with van der Waals surface area (Å²) in [5, 5.41) is 7.58. The van der Waals surface area contributed by atoms with Crippen molar-refractivity contribution in [3.63, 3.8) is 0 Å². The van der Waals surface area contributed by atoms with Crippen LogP contribution in [-0.2, 0) is 25.7 Å². The molecular weight excluding hydrogens is 595 g/mol. The average Bonchev–Trinajstić information content (AvgIpc) is 3.29. The van der Waals surface area contributed by atoms with Gasteiger partial charge in [0.25, 0.3) is 0 Å². The molecule has 5 rings (SSSR count). The number of morpholine rings is 1. The predicted octanol–water partition coefficient (Wildman–Crippen LogP) is 4.63. The zero-order valence-corrected chi connectivity index (χ0v) is 25.5. The average molecular weight is 630 g/mol. The molecule has 2 aliphatic heterocycles. The number of nitrogens with zero attached hydrogens (tertiary/aromatic N) is 2. The first-order valence-electron chi connectivity index (χ1n) is 14.1. The lowest BCUT2D eigenvalue weighted by atomic mass is 10.0. The van der Waals surface area contributed by atoms with Crippen molar-refractivity contribution in [2.24, 2.45) is 0 Å². The maximum absolute atomic E-state index is 13.6. The van der Waals surface area contributed by atoms with Crippen LogP contribution in [0.4, 0.5) is 0 Å². The second-order valence-electron chi connectivity index (χ2n) is 10.4. The first kappa shape index (κ1) is 30.6. The van der Waals surface area contributed by atoms with Gasteiger partial charge in [0.1, 0.15) is 11.9 Å². The quantitative estimate of drug-likeness (QED) is 0.301. The Balaban J connectivity index is 1.21. The molecule has 2 saturated heterocycles. The third kappa shape index (κ3) is 7.57. The van der Waals surface area contributed by atoms with E-state index in [1.807, 2.05) is 42.5 Å². The van der Waals surface area contributed by atoms with Crippen molar-refractivity contribution < 1.29 is 19.1 Å². The molecule has 2 fully saturated rings. The van der Waals surface area contributed by atoms with Gasteiger partial charge in [0, 0.05) is 38.2 Å². The van der Waals surface area contributed by atoms with Gasteiger partial charge in [0.2, 0.25) is 17.7 Å². The summed E-state index contributed by atoms with van der Waals surface area (Å²) in [4.78, 5) is 43.4. The van der Waals surface area contributed by atoms with Gasteiger partial charge in [-0.2, -0.15) is 0 Å². The molecule has 0 bridgehead atoms. The van der Waals surface area contributed by atoms with E-state index in [4.69, 9.17) is 27.9 Å². The maximum Gasteiger partial charge on any atom is 0.239 e. The summed E-state index contributed by atoms with van der Waals surface area (Å²) in [6.45, 7) is 4.86. The van der Waals surface area contributed by atoms with Gasteiger partial charge >= 0.3 is 0 Å². The van der Waals surface area contributed by atoms with Crippen LogP contribution >= 0.6 is 35.0 Å². The van der Waals surface area contributed by atoms with E-state index in [1.165, 1.54) is 16.7 Å². The number of fused-ring (bicyclic) bond motifs is 1. The van der Waals surface area contributed by atoms with Crippen molar-refractivity contribution in [2.45, 2.75) is 30.0 Å². The van der Waals surface area contributed by atoms with E-state index < -0.39 is 10.6 Å². The minimum absolute atomic E-state index is 0.0133. The van der Waals surface area contributed by atoms with Crippen molar-refractivity contribution in [3.05, 3.63) is 81.8 Å². The molecule has 3 aromatic carbocycles. The van der Waals surface area contributed by atoms with Gasteiger partial charge in [0.05, 0.1) is 28.5 Å². The molecule has 2 N–H and O–H groups in total. The second-order valence-corrected chi connectivity index (χ2v) is 12.4. The molecule has 2 atom stereocenters. The van der Waals surface area contributed by atoms with Crippen molar-refractivity contribution in [1.29, 1.82) is 0 Å². The molecule has 0 aromatic heterocycles. The van der Waals surface area contributed by atoms with Crippen LogP contribution in [-0.4, -0.2) is 78.7 Å². The molecule has 42 heavy (non-hydrogen) atoms. The number of halogens is 2. The zero-order chi connectivity index (χ0) is 29.5. The lowest BCUT2D eigenvalue weighted by Gasteiger charge is -2.26. The van der Waals surface area contributed by atoms with Gasteiger partial charge in [-0.3, -0.25) is 19.3 Å². The molecule has 0 aliphatic carbocycles. The molecule has 2 heterocycles. The highest BCUT2D eigenvalue weighted by Gasteiger charge is 2.43. The molecule has 0 spiro atoms. The summed E-state index contributed by atoms with van der Waals surface area (Å²) in [5.41, 5.74) is 1.64. The summed E-state index contributed by atoms with van der Waals surface area (Å²) >= 11 is 14.2. The van der Waals surface area contributed by atoms with Crippen LogP contribution in [0.1, 0.15) is 29.3 Å². The Morgan fingerprint density at radius 2 is 1.71 bits per heavy atom. The summed E-state index contributed by atoms with van der Waals surface area (Å²) in [6.07, 6.45) is 0.790. The largest absolute Gasteiger partial charge is 0.379 e. The minimum Gasteiger partial charge on any atom is -0.379 e. The first-order chi connectivity index (χ1) is 20.4. The van der Waals surface area contributed by atoms with E-state index in [-0.39, 0.29) is 30.7 Å². The second kappa shape index (κ2) is 14.6. The van der Waals surface area contributed by atoms with Gasteiger partial charge in [0.15, 0.2) is 0 Å². The monoisotopic (exact) mass is 628 g/mol. The molecular formula is C31H34Cl2N4O4S. The van der Waals surface area contributed by atoms with E-state index in [0.29, 0.717) is 28.7 Å². The number of carbonyl (C=O) groups excluding carboxylic acids is 3. The molecule has 2 aliphatic rings. The van der Waals surface area contributed by atoms with Crippen LogP contribution in [0, 0.1) is 0 Å². The van der Waals surface area contributed by atoms with E-state index in [9.17, 15) is 14.4 Å². The number of ether oxygens (including phenoxy) is 1. The van der Waals surface area contributed by atoms with Crippen molar-refractivity contribution in [3.8, 4) is 0 Å². The molecule has 222 valence electrons. The lowest BCUT2D eigenvalue weighted by Crippen LogP contribution is -2.42. The Kier molecular flexibility index (Phi) is 10.6. The van der Waals surface area contributed by atoms with Crippen LogP contribution in [0.2, 0.25) is 10.0 Å². The standard InChI is InChI=1S/C31H34Cl2N4O4S/c32-25-11-4-10-24(29(25)33)31-37(20-28(39)34-12-5-13-36-14-16-41-17-15-36)30(40)26(42-31)18-27(38)35-19-22-8-3-7-21-6-1-2-9-23(21)22/h1-4,6-11,26,31H,5,12-20H2,(H,34,39)(H,35,38)/t26-,31-/m1/s1. The fraction of sp³-hybridized carbons (Fsp3) is 0.387. The Labute approximate surface area is 260 Å². The molecule has 0 radical (unpaired) electrons. The molecule has 0 unspecified atom stereocenters. The fourth-order valence-electron chi connectivity index (χ4n) is 5.28. The number of benzene rings is 3. The summed E-state index contributed by atoms with van der Waals surface area (Å²) in [7, 11) is 0. The number of carbonyl (C=O) groups is 3. The molecule has 3 aromatic rings. The summed E-state index contributed by atoms with van der Waals surface area (Å²) in [6, 6.07) is 19.2. The van der Waals surface area contributed by atoms with E-state index in [1.54, 1.807) is 18.2 Å². The van der Waals surface area contributed by atoms with Crippen molar-refractivity contribution in [2.75, 3.05) is 45.9 Å². The molecule has 3 amide bonds. The number of thioether (sulfide) groups is 1. The van der Waals surface area contributed by atoms with Crippen LogP contribution in [0.5, 0.6) is 0 Å². The summed E-state index contributed by atoms with van der Waals surface area (Å²) in [5.74, 6) is -0.765. The first-order valence-corrected chi connectivity index (χ1v) is 15.8. The highest BCUT2D eigenvalue weighted by atomic mass is 35.5. The predicted molar refractivity (Wildman–Crippen MR) is 168 cm³/mol. The molecule has 0 saturated carbocycles.